The van der Waals surface area contributed by atoms with E-state index in [1.165, 1.54) is 6.07 Å². The normalized spacial score (nSPS) is 13.8. The number of hydrogen-bond acceptors (Lipinski definition) is 4. The Labute approximate surface area is 98.8 Å². The van der Waals surface area contributed by atoms with E-state index in [9.17, 15) is 15.3 Å². The average molecular weight is 237 g/mol. The van der Waals surface area contributed by atoms with Crippen molar-refractivity contribution >= 4 is 0 Å². The van der Waals surface area contributed by atoms with Crippen LogP contribution in [0.25, 0.3) is 10.4 Å². The molecule has 1 rings (SSSR count). The second-order valence-corrected chi connectivity index (χ2v) is 3.80. The molecule has 0 saturated carbocycles. The second-order valence-electron chi connectivity index (χ2n) is 3.80. The quantitative estimate of drug-likeness (QED) is 0.412. The number of aliphatic hydroxyl groups is 2. The monoisotopic (exact) mass is 237 g/mol. The highest BCUT2D eigenvalue weighted by Gasteiger charge is 2.18. The summed E-state index contributed by atoms with van der Waals surface area (Å²) >= 11 is 0. The van der Waals surface area contributed by atoms with E-state index in [1.54, 1.807) is 19.1 Å². The molecule has 92 valence electrons. The SMILES string of the molecule is Cc1cc(C(O)C(O)CCN=[N+]=[N-])ccc1O. The van der Waals surface area contributed by atoms with Gasteiger partial charge in [-0.3, -0.25) is 0 Å². The van der Waals surface area contributed by atoms with Crippen molar-refractivity contribution in [2.24, 2.45) is 5.11 Å². The number of azide groups is 1. The van der Waals surface area contributed by atoms with Crippen LogP contribution in [-0.4, -0.2) is 28.0 Å². The Hall–Kier alpha value is -1.75. The van der Waals surface area contributed by atoms with E-state index in [0.29, 0.717) is 11.1 Å². The van der Waals surface area contributed by atoms with E-state index in [2.05, 4.69) is 10.0 Å². The zero-order valence-electron chi connectivity index (χ0n) is 9.48. The van der Waals surface area contributed by atoms with E-state index >= 15 is 0 Å². The van der Waals surface area contributed by atoms with Crippen molar-refractivity contribution in [3.05, 3.63) is 39.8 Å². The lowest BCUT2D eigenvalue weighted by molar-refractivity contribution is 0.0150. The Morgan fingerprint density at radius 2 is 2.12 bits per heavy atom. The van der Waals surface area contributed by atoms with Crippen LogP contribution >= 0.6 is 0 Å². The van der Waals surface area contributed by atoms with Crippen molar-refractivity contribution in [3.8, 4) is 5.75 Å². The summed E-state index contributed by atoms with van der Waals surface area (Å²) in [4.78, 5) is 2.56. The zero-order chi connectivity index (χ0) is 12.8. The molecule has 6 nitrogen and oxygen atoms in total. The minimum atomic E-state index is -1.05. The molecule has 0 aliphatic carbocycles. The van der Waals surface area contributed by atoms with Gasteiger partial charge in [0.25, 0.3) is 0 Å². The van der Waals surface area contributed by atoms with Crippen molar-refractivity contribution in [2.45, 2.75) is 25.6 Å². The Morgan fingerprint density at radius 3 is 2.71 bits per heavy atom. The molecule has 1 aromatic rings. The number of aryl methyl sites for hydroxylation is 1. The van der Waals surface area contributed by atoms with Crippen molar-refractivity contribution < 1.29 is 15.3 Å². The number of rotatable bonds is 5. The van der Waals surface area contributed by atoms with Crippen LogP contribution in [0.5, 0.6) is 5.75 Å². The Kier molecular flexibility index (Phi) is 4.78. The van der Waals surface area contributed by atoms with E-state index in [4.69, 9.17) is 5.53 Å². The summed E-state index contributed by atoms with van der Waals surface area (Å²) < 4.78 is 0. The van der Waals surface area contributed by atoms with E-state index in [0.717, 1.165) is 0 Å². The molecule has 0 heterocycles. The number of nitrogens with zero attached hydrogens (tertiary/aromatic N) is 3. The molecule has 2 atom stereocenters. The standard InChI is InChI=1S/C11H15N3O3/c1-7-6-8(2-3-9(7)15)11(17)10(16)4-5-13-14-12/h2-3,6,10-11,15-17H,4-5H2,1H3. The van der Waals surface area contributed by atoms with Crippen LogP contribution in [-0.2, 0) is 0 Å². The van der Waals surface area contributed by atoms with E-state index < -0.39 is 12.2 Å². The minimum Gasteiger partial charge on any atom is -0.508 e. The van der Waals surface area contributed by atoms with Crippen molar-refractivity contribution in [2.75, 3.05) is 6.54 Å². The van der Waals surface area contributed by atoms with Gasteiger partial charge in [-0.25, -0.2) is 0 Å². The summed E-state index contributed by atoms with van der Waals surface area (Å²) in [5.41, 5.74) is 9.24. The number of hydrogen-bond donors (Lipinski definition) is 3. The maximum atomic E-state index is 9.84. The maximum absolute atomic E-state index is 9.84. The van der Waals surface area contributed by atoms with Crippen LogP contribution in [0.4, 0.5) is 0 Å². The highest BCUT2D eigenvalue weighted by atomic mass is 16.3. The molecule has 0 radical (unpaired) electrons. The van der Waals surface area contributed by atoms with Gasteiger partial charge in [0.2, 0.25) is 0 Å². The highest BCUT2D eigenvalue weighted by molar-refractivity contribution is 5.36. The van der Waals surface area contributed by atoms with Crippen LogP contribution in [0.2, 0.25) is 0 Å². The number of phenolic OH excluding ortho intramolecular Hbond substituents is 1. The summed E-state index contributed by atoms with van der Waals surface area (Å²) in [7, 11) is 0. The summed E-state index contributed by atoms with van der Waals surface area (Å²) in [5, 5.41) is 32.1. The van der Waals surface area contributed by atoms with Gasteiger partial charge in [-0.05, 0) is 42.1 Å². The van der Waals surface area contributed by atoms with Crippen LogP contribution in [0.15, 0.2) is 23.3 Å². The predicted octanol–water partition coefficient (Wildman–Crippen LogP) is 1.80. The molecule has 17 heavy (non-hydrogen) atoms. The molecule has 0 saturated heterocycles. The third kappa shape index (κ3) is 3.64. The van der Waals surface area contributed by atoms with Crippen molar-refractivity contribution in [3.63, 3.8) is 0 Å². The maximum Gasteiger partial charge on any atom is 0.118 e. The number of aromatic hydroxyl groups is 1. The minimum absolute atomic E-state index is 0.131. The largest absolute Gasteiger partial charge is 0.508 e. The third-order valence-corrected chi connectivity index (χ3v) is 2.51. The van der Waals surface area contributed by atoms with Gasteiger partial charge < -0.3 is 15.3 Å². The fourth-order valence-electron chi connectivity index (χ4n) is 1.48. The van der Waals surface area contributed by atoms with Gasteiger partial charge in [0.1, 0.15) is 11.9 Å². The van der Waals surface area contributed by atoms with Crippen LogP contribution in [0, 0.1) is 6.92 Å². The summed E-state index contributed by atoms with van der Waals surface area (Å²) in [6.07, 6.45) is -1.86. The number of aliphatic hydroxyl groups excluding tert-OH is 2. The molecule has 0 fully saturated rings. The smallest absolute Gasteiger partial charge is 0.118 e. The molecular weight excluding hydrogens is 222 g/mol. The first-order valence-corrected chi connectivity index (χ1v) is 5.22. The molecule has 0 amide bonds. The summed E-state index contributed by atoms with van der Waals surface area (Å²) in [6, 6.07) is 4.62. The molecular formula is C11H15N3O3. The summed E-state index contributed by atoms with van der Waals surface area (Å²) in [5.74, 6) is 0.143. The van der Waals surface area contributed by atoms with Crippen LogP contribution in [0.3, 0.4) is 0 Å². The van der Waals surface area contributed by atoms with Crippen molar-refractivity contribution in [1.82, 2.24) is 0 Å². The first-order valence-electron chi connectivity index (χ1n) is 5.22. The molecule has 3 N–H and O–H groups in total. The van der Waals surface area contributed by atoms with Gasteiger partial charge in [-0.2, -0.15) is 0 Å². The topological polar surface area (TPSA) is 109 Å². The zero-order valence-corrected chi connectivity index (χ0v) is 9.48. The molecule has 2 unspecified atom stereocenters. The van der Waals surface area contributed by atoms with Gasteiger partial charge in [0.15, 0.2) is 0 Å². The predicted molar refractivity (Wildman–Crippen MR) is 62.4 cm³/mol. The van der Waals surface area contributed by atoms with Crippen molar-refractivity contribution in [1.29, 1.82) is 0 Å². The first-order chi connectivity index (χ1) is 8.06. The Bertz CT molecular complexity index is 430. The van der Waals surface area contributed by atoms with Gasteiger partial charge in [0, 0.05) is 11.5 Å². The molecule has 0 aliphatic heterocycles. The highest BCUT2D eigenvalue weighted by Crippen LogP contribution is 2.24. The van der Waals surface area contributed by atoms with E-state index in [-0.39, 0.29) is 18.7 Å². The summed E-state index contributed by atoms with van der Waals surface area (Å²) in [6.45, 7) is 1.84. The van der Waals surface area contributed by atoms with Gasteiger partial charge >= 0.3 is 0 Å². The van der Waals surface area contributed by atoms with Gasteiger partial charge in [0.05, 0.1) is 6.10 Å². The fraction of sp³-hybridized carbons (Fsp3) is 0.455. The van der Waals surface area contributed by atoms with Gasteiger partial charge in [-0.15, -0.1) is 0 Å². The average Bonchev–Trinajstić information content (AvgIpc) is 2.32. The number of phenols is 1. The molecule has 0 bridgehead atoms. The van der Waals surface area contributed by atoms with Crippen LogP contribution in [0.1, 0.15) is 23.7 Å². The second kappa shape index (κ2) is 6.10. The lowest BCUT2D eigenvalue weighted by Crippen LogP contribution is -2.19. The molecule has 0 aliphatic rings. The molecule has 1 aromatic carbocycles. The Balaban J connectivity index is 2.70. The van der Waals surface area contributed by atoms with Crippen LogP contribution < -0.4 is 0 Å². The lowest BCUT2D eigenvalue weighted by Gasteiger charge is -2.18. The molecule has 0 aromatic heterocycles. The number of benzene rings is 1. The molecule has 6 heteroatoms. The van der Waals surface area contributed by atoms with Gasteiger partial charge in [-0.1, -0.05) is 11.2 Å². The third-order valence-electron chi connectivity index (χ3n) is 2.51. The first kappa shape index (κ1) is 13.3. The van der Waals surface area contributed by atoms with E-state index in [1.807, 2.05) is 0 Å². The Morgan fingerprint density at radius 1 is 1.41 bits per heavy atom. The lowest BCUT2D eigenvalue weighted by atomic mass is 10.00. The fourth-order valence-corrected chi connectivity index (χ4v) is 1.48. The molecule has 0 spiro atoms.